The van der Waals surface area contributed by atoms with E-state index in [4.69, 9.17) is 0 Å². The van der Waals surface area contributed by atoms with Gasteiger partial charge in [0.1, 0.15) is 0 Å². The summed E-state index contributed by atoms with van der Waals surface area (Å²) in [5.74, 6) is -2.92. The average molecular weight is 196 g/mol. The lowest BCUT2D eigenvalue weighted by molar-refractivity contribution is 0.154. The largest absolute Gasteiger partial charge is 0.362 e. The fraction of sp³-hybridized carbons (Fsp3) is 0.333. The molecule has 0 N–H and O–H groups in total. The van der Waals surface area contributed by atoms with Crippen LogP contribution in [0.5, 0.6) is 0 Å². The Hall–Kier alpha value is -0.660. The first-order valence-electron chi connectivity index (χ1n) is 2.04. The molecule has 0 fully saturated rings. The van der Waals surface area contributed by atoms with Crippen molar-refractivity contribution in [1.82, 2.24) is 0 Å². The number of allylic oxidation sites excluding steroid dienone is 1. The maximum absolute atomic E-state index is 11.6. The van der Waals surface area contributed by atoms with E-state index in [0.29, 0.717) is 0 Å². The number of alkyl halides is 2. The normalized spacial score (nSPS) is 15.1. The van der Waals surface area contributed by atoms with Gasteiger partial charge in [-0.25, -0.2) is 13.2 Å². The van der Waals surface area contributed by atoms with Crippen molar-refractivity contribution in [2.24, 2.45) is 0 Å². The molecule has 0 aliphatic carbocycles. The van der Waals surface area contributed by atoms with Crippen LogP contribution in [0.3, 0.4) is 0 Å². The van der Waals surface area contributed by atoms with Crippen LogP contribution in [0.15, 0.2) is 11.0 Å². The van der Waals surface area contributed by atoms with Gasteiger partial charge in [0.05, 0.1) is 0 Å². The average Bonchev–Trinajstić information content (AvgIpc) is 1.82. The summed E-state index contributed by atoms with van der Waals surface area (Å²) in [6.45, 7) is 0. The molecule has 0 bridgehead atoms. The summed E-state index contributed by atoms with van der Waals surface area (Å²) in [4.78, 5) is 0. The molecule has 0 heterocycles. The van der Waals surface area contributed by atoms with Crippen LogP contribution in [0, 0.1) is 0 Å². The van der Waals surface area contributed by atoms with E-state index in [9.17, 15) is 29.9 Å². The van der Waals surface area contributed by atoms with Gasteiger partial charge in [-0.05, 0) is 0 Å². The van der Waals surface area contributed by atoms with Gasteiger partial charge in [-0.1, -0.05) is 3.89 Å². The van der Waals surface area contributed by atoms with E-state index in [0.717, 1.165) is 0 Å². The van der Waals surface area contributed by atoms with Crippen LogP contribution in [-0.2, 0) is 10.2 Å². The van der Waals surface area contributed by atoms with Crippen LogP contribution in [0.2, 0.25) is 0 Å². The number of hydrogen-bond donors (Lipinski definition) is 0. The third kappa shape index (κ3) is 2.83. The number of hydrogen-bond acceptors (Lipinski definition) is 2. The Balaban J connectivity index is 4.99. The fourth-order valence-corrected chi connectivity index (χ4v) is 0.524. The Labute approximate surface area is 58.5 Å². The molecule has 66 valence electrons. The Morgan fingerprint density at radius 3 is 1.64 bits per heavy atom. The number of rotatable bonds is 2. The lowest BCUT2D eigenvalue weighted by Gasteiger charge is -1.93. The summed E-state index contributed by atoms with van der Waals surface area (Å²) >= 11 is 0. The van der Waals surface area contributed by atoms with E-state index in [1.54, 1.807) is 0 Å². The molecule has 0 unspecified atom stereocenters. The molecule has 8 heteroatoms. The molecule has 0 amide bonds. The summed E-state index contributed by atoms with van der Waals surface area (Å²) in [5, 5.41) is -3.08. The molecular formula is C3HF5O2S. The topological polar surface area (TPSA) is 34.1 Å². The third-order valence-corrected chi connectivity index (χ3v) is 1.22. The minimum atomic E-state index is -5.99. The van der Waals surface area contributed by atoms with Gasteiger partial charge in [-0.3, -0.25) is 0 Å². The van der Waals surface area contributed by atoms with Crippen molar-refractivity contribution in [1.29, 1.82) is 0 Å². The quantitative estimate of drug-likeness (QED) is 0.497. The third-order valence-electron chi connectivity index (χ3n) is 0.593. The van der Waals surface area contributed by atoms with Crippen molar-refractivity contribution < 1.29 is 29.9 Å². The second-order valence-electron chi connectivity index (χ2n) is 1.36. The Kier molecular flexibility index (Phi) is 2.97. The first kappa shape index (κ1) is 10.3. The zero-order chi connectivity index (χ0) is 9.23. The zero-order valence-electron chi connectivity index (χ0n) is 4.69. The van der Waals surface area contributed by atoms with Crippen LogP contribution in [0.4, 0.5) is 21.4 Å². The summed E-state index contributed by atoms with van der Waals surface area (Å²) in [6.07, 6.45) is -3.97. The van der Waals surface area contributed by atoms with Crippen molar-refractivity contribution in [3.05, 3.63) is 11.0 Å². The van der Waals surface area contributed by atoms with Crippen molar-refractivity contribution in [2.45, 2.75) is 6.43 Å². The van der Waals surface area contributed by atoms with Gasteiger partial charge in [0.25, 0.3) is 11.6 Å². The van der Waals surface area contributed by atoms with E-state index in [1.807, 2.05) is 0 Å². The highest BCUT2D eigenvalue weighted by molar-refractivity contribution is 7.90. The summed E-state index contributed by atoms with van der Waals surface area (Å²) in [7, 11) is -5.99. The standard InChI is InChI=1S/C3HF5O2S/c4-1(2(5)6)3(7)11(8,9)10/h2H. The lowest BCUT2D eigenvalue weighted by atomic mass is 10.6. The van der Waals surface area contributed by atoms with Crippen LogP contribution < -0.4 is 0 Å². The Morgan fingerprint density at radius 2 is 1.55 bits per heavy atom. The van der Waals surface area contributed by atoms with Crippen LogP contribution in [0.25, 0.3) is 0 Å². The molecule has 0 saturated heterocycles. The molecule has 0 saturated carbocycles. The van der Waals surface area contributed by atoms with E-state index >= 15 is 0 Å². The Bertz CT molecular complexity index is 265. The van der Waals surface area contributed by atoms with Gasteiger partial charge in [0.15, 0.2) is 0 Å². The first-order chi connectivity index (χ1) is 4.76. The molecule has 0 aromatic heterocycles. The SMILES string of the molecule is O=S(=O)(F)C(F)=C(F)C(F)F. The zero-order valence-corrected chi connectivity index (χ0v) is 5.51. The molecule has 0 aliphatic heterocycles. The van der Waals surface area contributed by atoms with Crippen LogP contribution in [0.1, 0.15) is 0 Å². The highest BCUT2D eigenvalue weighted by atomic mass is 32.3. The molecule has 0 atom stereocenters. The summed E-state index contributed by atoms with van der Waals surface area (Å²) < 4.78 is 75.5. The van der Waals surface area contributed by atoms with Gasteiger partial charge < -0.3 is 0 Å². The van der Waals surface area contributed by atoms with Crippen LogP contribution >= 0.6 is 0 Å². The molecule has 0 rings (SSSR count). The minimum Gasteiger partial charge on any atom is -0.202 e. The van der Waals surface area contributed by atoms with Crippen molar-refractivity contribution >= 4 is 10.2 Å². The van der Waals surface area contributed by atoms with Gasteiger partial charge >= 0.3 is 10.2 Å². The maximum Gasteiger partial charge on any atom is 0.362 e. The molecule has 0 aliphatic rings. The second kappa shape index (κ2) is 3.16. The molecule has 0 radical (unpaired) electrons. The summed E-state index contributed by atoms with van der Waals surface area (Å²) in [6, 6.07) is 0. The monoisotopic (exact) mass is 196 g/mol. The molecule has 2 nitrogen and oxygen atoms in total. The van der Waals surface area contributed by atoms with Crippen molar-refractivity contribution in [3.8, 4) is 0 Å². The predicted molar refractivity (Wildman–Crippen MR) is 25.3 cm³/mol. The number of halogens is 5. The summed E-state index contributed by atoms with van der Waals surface area (Å²) in [5.41, 5.74) is 0. The van der Waals surface area contributed by atoms with Gasteiger partial charge in [-0.2, -0.15) is 12.8 Å². The van der Waals surface area contributed by atoms with Crippen molar-refractivity contribution in [3.63, 3.8) is 0 Å². The Morgan fingerprint density at radius 1 is 1.18 bits per heavy atom. The van der Waals surface area contributed by atoms with Crippen molar-refractivity contribution in [2.75, 3.05) is 0 Å². The molecule has 0 aromatic carbocycles. The van der Waals surface area contributed by atoms with E-state index in [1.165, 1.54) is 0 Å². The smallest absolute Gasteiger partial charge is 0.202 e. The fourth-order valence-electron chi connectivity index (χ4n) is 0.202. The van der Waals surface area contributed by atoms with E-state index < -0.39 is 27.6 Å². The second-order valence-corrected chi connectivity index (χ2v) is 2.59. The van der Waals surface area contributed by atoms with Crippen LogP contribution in [-0.4, -0.2) is 14.8 Å². The molecule has 11 heavy (non-hydrogen) atoms. The molecule has 0 spiro atoms. The van der Waals surface area contributed by atoms with Gasteiger partial charge in [0.2, 0.25) is 5.83 Å². The first-order valence-corrected chi connectivity index (χ1v) is 3.43. The highest BCUT2D eigenvalue weighted by Gasteiger charge is 2.27. The van der Waals surface area contributed by atoms with E-state index in [-0.39, 0.29) is 0 Å². The van der Waals surface area contributed by atoms with Gasteiger partial charge in [0, 0.05) is 0 Å². The predicted octanol–water partition coefficient (Wildman–Crippen LogP) is 1.66. The highest BCUT2D eigenvalue weighted by Crippen LogP contribution is 2.21. The lowest BCUT2D eigenvalue weighted by Crippen LogP contribution is -1.99. The molecular weight excluding hydrogens is 195 g/mol. The molecule has 0 aromatic rings. The van der Waals surface area contributed by atoms with E-state index in [2.05, 4.69) is 0 Å². The maximum atomic E-state index is 11.6. The van der Waals surface area contributed by atoms with Gasteiger partial charge in [-0.15, -0.1) is 0 Å². The minimum absolute atomic E-state index is 2.92.